The van der Waals surface area contributed by atoms with Crippen molar-refractivity contribution in [3.63, 3.8) is 0 Å². The summed E-state index contributed by atoms with van der Waals surface area (Å²) < 4.78 is 30.2. The van der Waals surface area contributed by atoms with Crippen molar-refractivity contribution in [1.29, 1.82) is 0 Å². The summed E-state index contributed by atoms with van der Waals surface area (Å²) in [6, 6.07) is 10.0. The molecule has 3 aromatic rings. The second-order valence-corrected chi connectivity index (χ2v) is 6.26. The molecule has 0 amide bonds. The van der Waals surface area contributed by atoms with Crippen molar-refractivity contribution < 1.29 is 18.4 Å². The summed E-state index contributed by atoms with van der Waals surface area (Å²) in [5.74, 6) is 0.897. The predicted molar refractivity (Wildman–Crippen MR) is 96.8 cm³/mol. The lowest BCUT2D eigenvalue weighted by atomic mass is 10.2. The highest BCUT2D eigenvalue weighted by Crippen LogP contribution is 2.24. The first-order chi connectivity index (χ1) is 13.2. The number of ether oxygens (including phenoxy) is 2. The van der Waals surface area contributed by atoms with Gasteiger partial charge in [-0.05, 0) is 24.3 Å². The number of hydrogen-bond acceptors (Lipinski definition) is 7. The molecular weight excluding hydrogens is 351 g/mol. The third-order valence-electron chi connectivity index (χ3n) is 4.29. The van der Waals surface area contributed by atoms with E-state index in [1.165, 1.54) is 6.07 Å². The minimum absolute atomic E-state index is 0.0319. The number of pyridine rings is 1. The van der Waals surface area contributed by atoms with Crippen LogP contribution in [0.1, 0.15) is 0 Å². The molecule has 27 heavy (non-hydrogen) atoms. The van der Waals surface area contributed by atoms with Crippen LogP contribution in [0.2, 0.25) is 0 Å². The molecule has 140 valence electrons. The highest BCUT2D eigenvalue weighted by Gasteiger charge is 2.18. The first-order valence-electron chi connectivity index (χ1n) is 8.66. The Morgan fingerprint density at radius 3 is 2.81 bits per heavy atom. The van der Waals surface area contributed by atoms with Crippen molar-refractivity contribution in [1.82, 2.24) is 15.1 Å². The molecule has 1 aliphatic heterocycles. The molecule has 0 saturated carbocycles. The van der Waals surface area contributed by atoms with Crippen LogP contribution in [0.5, 0.6) is 0 Å². The Balaban J connectivity index is 1.47. The van der Waals surface area contributed by atoms with Crippen LogP contribution in [0.3, 0.4) is 0 Å². The molecule has 0 aliphatic carbocycles. The van der Waals surface area contributed by atoms with Crippen LogP contribution in [0.25, 0.3) is 22.8 Å². The van der Waals surface area contributed by atoms with E-state index < -0.39 is 5.82 Å². The van der Waals surface area contributed by atoms with Crippen LogP contribution in [0.15, 0.2) is 47.1 Å². The van der Waals surface area contributed by atoms with Crippen molar-refractivity contribution >= 4 is 5.82 Å². The molecule has 0 N–H and O–H groups in total. The average molecular weight is 370 g/mol. The molecule has 1 aliphatic rings. The molecular formula is C19H19FN4O3. The van der Waals surface area contributed by atoms with E-state index in [1.54, 1.807) is 24.4 Å². The second kappa shape index (κ2) is 7.81. The normalized spacial score (nSPS) is 17.0. The summed E-state index contributed by atoms with van der Waals surface area (Å²) >= 11 is 0. The maximum atomic E-state index is 13.9. The quantitative estimate of drug-likeness (QED) is 0.684. The molecule has 0 bridgehead atoms. The lowest BCUT2D eigenvalue weighted by Gasteiger charge is -2.28. The van der Waals surface area contributed by atoms with Crippen LogP contribution in [0, 0.1) is 5.82 Å². The molecule has 4 rings (SSSR count). The third-order valence-corrected chi connectivity index (χ3v) is 4.29. The lowest BCUT2D eigenvalue weighted by Crippen LogP contribution is -2.38. The van der Waals surface area contributed by atoms with Crippen molar-refractivity contribution in [2.45, 2.75) is 6.10 Å². The Kier molecular flexibility index (Phi) is 5.08. The number of hydrogen-bond donors (Lipinski definition) is 0. The fourth-order valence-corrected chi connectivity index (χ4v) is 2.87. The van der Waals surface area contributed by atoms with Crippen LogP contribution >= 0.6 is 0 Å². The molecule has 2 aromatic heterocycles. The van der Waals surface area contributed by atoms with Crippen molar-refractivity contribution in [3.05, 3.63) is 48.4 Å². The molecule has 3 heterocycles. The number of halogens is 1. The zero-order chi connectivity index (χ0) is 18.6. The van der Waals surface area contributed by atoms with Crippen LogP contribution in [-0.4, -0.2) is 54.6 Å². The van der Waals surface area contributed by atoms with Gasteiger partial charge < -0.3 is 18.9 Å². The van der Waals surface area contributed by atoms with Gasteiger partial charge in [0.25, 0.3) is 5.89 Å². The number of likely N-dealkylation sites (N-methyl/N-ethyl adjacent to an activating group) is 1. The van der Waals surface area contributed by atoms with Crippen molar-refractivity contribution in [2.24, 2.45) is 0 Å². The van der Waals surface area contributed by atoms with E-state index in [0.29, 0.717) is 43.4 Å². The molecule has 1 fully saturated rings. The average Bonchev–Trinajstić information content (AvgIpc) is 3.19. The summed E-state index contributed by atoms with van der Waals surface area (Å²) in [5.41, 5.74) is 0.964. The molecule has 1 saturated heterocycles. The van der Waals surface area contributed by atoms with E-state index >= 15 is 0 Å². The Bertz CT molecular complexity index is 894. The van der Waals surface area contributed by atoms with E-state index in [1.807, 2.05) is 24.1 Å². The smallest absolute Gasteiger partial charge is 0.259 e. The topological polar surface area (TPSA) is 73.5 Å². The monoisotopic (exact) mass is 370 g/mol. The maximum Gasteiger partial charge on any atom is 0.259 e. The van der Waals surface area contributed by atoms with Gasteiger partial charge in [0.15, 0.2) is 0 Å². The molecule has 8 heteroatoms. The van der Waals surface area contributed by atoms with E-state index in [4.69, 9.17) is 14.0 Å². The highest BCUT2D eigenvalue weighted by atomic mass is 19.1. The number of anilines is 1. The standard InChI is InChI=1S/C19H19FN4O3/c1-24(11-14-12-25-8-9-26-14)17-7-6-13(10-21-17)19-22-18(23-27-19)15-4-2-3-5-16(15)20/h2-7,10,14H,8-9,11-12H2,1H3/t14-/m0/s1. The number of nitrogens with zero attached hydrogens (tertiary/aromatic N) is 4. The molecule has 0 unspecified atom stereocenters. The number of rotatable bonds is 5. The first kappa shape index (κ1) is 17.6. The summed E-state index contributed by atoms with van der Waals surface area (Å²) in [4.78, 5) is 10.7. The van der Waals surface area contributed by atoms with Gasteiger partial charge in [-0.1, -0.05) is 17.3 Å². The van der Waals surface area contributed by atoms with E-state index in [2.05, 4.69) is 15.1 Å². The predicted octanol–water partition coefficient (Wildman–Crippen LogP) is 2.79. The van der Waals surface area contributed by atoms with Gasteiger partial charge >= 0.3 is 0 Å². The second-order valence-electron chi connectivity index (χ2n) is 6.26. The van der Waals surface area contributed by atoms with Gasteiger partial charge in [-0.3, -0.25) is 0 Å². The highest BCUT2D eigenvalue weighted by molar-refractivity contribution is 5.60. The van der Waals surface area contributed by atoms with Gasteiger partial charge in [0, 0.05) is 19.8 Å². The van der Waals surface area contributed by atoms with Gasteiger partial charge in [-0.15, -0.1) is 0 Å². The maximum absolute atomic E-state index is 13.9. The van der Waals surface area contributed by atoms with E-state index in [0.717, 1.165) is 5.82 Å². The van der Waals surface area contributed by atoms with Gasteiger partial charge in [0.2, 0.25) is 5.82 Å². The van der Waals surface area contributed by atoms with E-state index in [-0.39, 0.29) is 11.9 Å². The van der Waals surface area contributed by atoms with Crippen LogP contribution < -0.4 is 4.90 Å². The summed E-state index contributed by atoms with van der Waals surface area (Å²) in [7, 11) is 1.95. The molecule has 1 atom stereocenters. The van der Waals surface area contributed by atoms with Gasteiger partial charge in [-0.25, -0.2) is 9.37 Å². The van der Waals surface area contributed by atoms with Crippen LogP contribution in [-0.2, 0) is 9.47 Å². The Hall–Kier alpha value is -2.84. The van der Waals surface area contributed by atoms with Crippen molar-refractivity contribution in [3.8, 4) is 22.8 Å². The minimum Gasteiger partial charge on any atom is -0.376 e. The fraction of sp³-hybridized carbons (Fsp3) is 0.316. The first-order valence-corrected chi connectivity index (χ1v) is 8.66. The Labute approximate surface area is 155 Å². The molecule has 0 radical (unpaired) electrons. The summed E-state index contributed by atoms with van der Waals surface area (Å²) in [6.07, 6.45) is 1.69. The minimum atomic E-state index is -0.395. The third kappa shape index (κ3) is 3.96. The Morgan fingerprint density at radius 2 is 2.07 bits per heavy atom. The lowest BCUT2D eigenvalue weighted by molar-refractivity contribution is -0.0837. The Morgan fingerprint density at radius 1 is 1.19 bits per heavy atom. The summed E-state index contributed by atoms with van der Waals surface area (Å²) in [6.45, 7) is 2.53. The number of benzene rings is 1. The molecule has 7 nitrogen and oxygen atoms in total. The van der Waals surface area contributed by atoms with Crippen molar-refractivity contribution in [2.75, 3.05) is 38.3 Å². The van der Waals surface area contributed by atoms with Crippen LogP contribution in [0.4, 0.5) is 10.2 Å². The number of aromatic nitrogens is 3. The largest absolute Gasteiger partial charge is 0.376 e. The molecule has 1 aromatic carbocycles. The zero-order valence-corrected chi connectivity index (χ0v) is 14.8. The summed E-state index contributed by atoms with van der Waals surface area (Å²) in [5, 5.41) is 3.86. The SMILES string of the molecule is CN(C[C@H]1COCCO1)c1ccc(-c2nc(-c3ccccc3F)no2)cn1. The zero-order valence-electron chi connectivity index (χ0n) is 14.8. The molecule has 0 spiro atoms. The fourth-order valence-electron chi connectivity index (χ4n) is 2.87. The van der Waals surface area contributed by atoms with Gasteiger partial charge in [0.05, 0.1) is 37.1 Å². The van der Waals surface area contributed by atoms with Gasteiger partial charge in [0.1, 0.15) is 11.6 Å². The van der Waals surface area contributed by atoms with Gasteiger partial charge in [-0.2, -0.15) is 4.98 Å². The van der Waals surface area contributed by atoms with E-state index in [9.17, 15) is 4.39 Å².